The Morgan fingerprint density at radius 3 is 2.57 bits per heavy atom. The fourth-order valence-electron chi connectivity index (χ4n) is 3.01. The van der Waals surface area contributed by atoms with E-state index in [1.54, 1.807) is 0 Å². The first kappa shape index (κ1) is 12.7. The molecule has 2 aromatic rings. The summed E-state index contributed by atoms with van der Waals surface area (Å²) >= 11 is 0. The van der Waals surface area contributed by atoms with E-state index in [0.29, 0.717) is 12.7 Å². The maximum absolute atomic E-state index is 5.43. The Morgan fingerprint density at radius 1 is 0.952 bits per heavy atom. The Morgan fingerprint density at radius 2 is 1.76 bits per heavy atom. The normalized spacial score (nSPS) is 17.9. The van der Waals surface area contributed by atoms with Crippen LogP contribution in [-0.2, 0) is 0 Å². The Labute approximate surface area is 124 Å². The number of pyridine rings is 1. The van der Waals surface area contributed by atoms with Gasteiger partial charge in [0.2, 0.25) is 6.79 Å². The fraction of sp³-hybridized carbons (Fsp3) is 0.353. The van der Waals surface area contributed by atoms with Gasteiger partial charge in [0, 0.05) is 23.4 Å². The third-order valence-corrected chi connectivity index (χ3v) is 4.25. The van der Waals surface area contributed by atoms with E-state index < -0.39 is 0 Å². The molecular weight excluding hydrogens is 264 g/mol. The van der Waals surface area contributed by atoms with Gasteiger partial charge in [-0.05, 0) is 49.7 Å². The lowest BCUT2D eigenvalue weighted by Crippen LogP contribution is -2.26. The minimum Gasteiger partial charge on any atom is -0.454 e. The van der Waals surface area contributed by atoms with Crippen molar-refractivity contribution in [1.29, 1.82) is 0 Å². The fourth-order valence-corrected chi connectivity index (χ4v) is 3.01. The summed E-state index contributed by atoms with van der Waals surface area (Å²) < 4.78 is 10.8. The summed E-state index contributed by atoms with van der Waals surface area (Å²) in [6, 6.07) is 10.3. The van der Waals surface area contributed by atoms with Crippen LogP contribution in [0.15, 0.2) is 36.5 Å². The van der Waals surface area contributed by atoms with E-state index in [0.717, 1.165) is 35.7 Å². The topological polar surface area (TPSA) is 43.4 Å². The van der Waals surface area contributed by atoms with Gasteiger partial charge in [-0.25, -0.2) is 0 Å². The molecule has 4 nitrogen and oxygen atoms in total. The summed E-state index contributed by atoms with van der Waals surface area (Å²) in [7, 11) is 0. The highest BCUT2D eigenvalue weighted by molar-refractivity contribution is 5.66. The SMILES string of the molecule is c1cc(C2CCNCC2)ncc1-c1ccc2c(c1)OCO2. The van der Waals surface area contributed by atoms with E-state index in [1.165, 1.54) is 18.5 Å². The molecule has 4 rings (SSSR count). The number of hydrogen-bond donors (Lipinski definition) is 1. The molecule has 0 saturated carbocycles. The van der Waals surface area contributed by atoms with Crippen LogP contribution in [0, 0.1) is 0 Å². The minimum absolute atomic E-state index is 0.311. The second-order valence-corrected chi connectivity index (χ2v) is 5.56. The predicted molar refractivity (Wildman–Crippen MR) is 80.6 cm³/mol. The van der Waals surface area contributed by atoms with E-state index in [2.05, 4.69) is 28.5 Å². The molecule has 0 aliphatic carbocycles. The van der Waals surface area contributed by atoms with Crippen LogP contribution in [0.25, 0.3) is 11.1 Å². The molecule has 1 saturated heterocycles. The molecule has 1 aromatic carbocycles. The van der Waals surface area contributed by atoms with Gasteiger partial charge in [0.1, 0.15) is 0 Å². The highest BCUT2D eigenvalue weighted by atomic mass is 16.7. The van der Waals surface area contributed by atoms with Gasteiger partial charge in [0.25, 0.3) is 0 Å². The minimum atomic E-state index is 0.311. The first-order valence-electron chi connectivity index (χ1n) is 7.47. The summed E-state index contributed by atoms with van der Waals surface area (Å²) in [5.41, 5.74) is 3.44. The molecule has 2 aliphatic heterocycles. The Balaban J connectivity index is 1.58. The number of benzene rings is 1. The Bertz CT molecular complexity index is 634. The van der Waals surface area contributed by atoms with Gasteiger partial charge in [-0.3, -0.25) is 4.98 Å². The average molecular weight is 282 g/mol. The Kier molecular flexibility index (Phi) is 3.24. The maximum Gasteiger partial charge on any atom is 0.231 e. The molecule has 0 unspecified atom stereocenters. The van der Waals surface area contributed by atoms with Crippen LogP contribution in [0.4, 0.5) is 0 Å². The molecule has 21 heavy (non-hydrogen) atoms. The first-order valence-corrected chi connectivity index (χ1v) is 7.47. The second kappa shape index (κ2) is 5.37. The van der Waals surface area contributed by atoms with Gasteiger partial charge in [-0.1, -0.05) is 12.1 Å². The zero-order valence-electron chi connectivity index (χ0n) is 11.8. The molecule has 2 aliphatic rings. The van der Waals surface area contributed by atoms with Gasteiger partial charge >= 0.3 is 0 Å². The molecule has 0 amide bonds. The molecule has 1 fully saturated rings. The molecule has 3 heterocycles. The number of nitrogens with zero attached hydrogens (tertiary/aromatic N) is 1. The van der Waals surface area contributed by atoms with Crippen molar-refractivity contribution in [3.8, 4) is 22.6 Å². The molecular formula is C17H18N2O2. The van der Waals surface area contributed by atoms with Crippen molar-refractivity contribution in [2.45, 2.75) is 18.8 Å². The first-order chi connectivity index (χ1) is 10.4. The summed E-state index contributed by atoms with van der Waals surface area (Å²) in [6.45, 7) is 2.50. The number of fused-ring (bicyclic) bond motifs is 1. The van der Waals surface area contributed by atoms with Crippen molar-refractivity contribution >= 4 is 0 Å². The largest absolute Gasteiger partial charge is 0.454 e. The van der Waals surface area contributed by atoms with Gasteiger partial charge in [-0.15, -0.1) is 0 Å². The number of ether oxygens (including phenoxy) is 2. The third-order valence-electron chi connectivity index (χ3n) is 4.25. The van der Waals surface area contributed by atoms with E-state index in [1.807, 2.05) is 18.3 Å². The van der Waals surface area contributed by atoms with E-state index >= 15 is 0 Å². The number of aromatic nitrogens is 1. The maximum atomic E-state index is 5.43. The highest BCUT2D eigenvalue weighted by Crippen LogP contribution is 2.36. The lowest BCUT2D eigenvalue weighted by Gasteiger charge is -2.22. The van der Waals surface area contributed by atoms with Crippen molar-refractivity contribution in [3.63, 3.8) is 0 Å². The van der Waals surface area contributed by atoms with Crippen molar-refractivity contribution < 1.29 is 9.47 Å². The quantitative estimate of drug-likeness (QED) is 0.919. The predicted octanol–water partition coefficient (Wildman–Crippen LogP) is 2.94. The van der Waals surface area contributed by atoms with Crippen LogP contribution in [-0.4, -0.2) is 24.9 Å². The van der Waals surface area contributed by atoms with Crippen LogP contribution in [0.1, 0.15) is 24.5 Å². The highest BCUT2D eigenvalue weighted by Gasteiger charge is 2.17. The van der Waals surface area contributed by atoms with Crippen molar-refractivity contribution in [1.82, 2.24) is 10.3 Å². The zero-order valence-corrected chi connectivity index (χ0v) is 11.8. The van der Waals surface area contributed by atoms with Crippen LogP contribution in [0.2, 0.25) is 0 Å². The third kappa shape index (κ3) is 2.47. The van der Waals surface area contributed by atoms with E-state index in [9.17, 15) is 0 Å². The van der Waals surface area contributed by atoms with E-state index in [4.69, 9.17) is 9.47 Å². The molecule has 0 atom stereocenters. The molecule has 1 aromatic heterocycles. The number of nitrogens with one attached hydrogen (secondary N) is 1. The number of hydrogen-bond acceptors (Lipinski definition) is 4. The van der Waals surface area contributed by atoms with Crippen molar-refractivity contribution in [2.24, 2.45) is 0 Å². The van der Waals surface area contributed by atoms with Gasteiger partial charge in [0.05, 0.1) is 0 Å². The van der Waals surface area contributed by atoms with Crippen LogP contribution in [0.3, 0.4) is 0 Å². The van der Waals surface area contributed by atoms with Gasteiger partial charge in [0.15, 0.2) is 11.5 Å². The van der Waals surface area contributed by atoms with E-state index in [-0.39, 0.29) is 0 Å². The number of rotatable bonds is 2. The second-order valence-electron chi connectivity index (χ2n) is 5.56. The standard InChI is InChI=1S/C17H18N2O2/c1-3-15(12-5-7-18-8-6-12)19-10-14(1)13-2-4-16-17(9-13)21-11-20-16/h1-4,9-10,12,18H,5-8,11H2. The lowest BCUT2D eigenvalue weighted by atomic mass is 9.93. The lowest BCUT2D eigenvalue weighted by molar-refractivity contribution is 0.174. The molecule has 4 heteroatoms. The van der Waals surface area contributed by atoms with Crippen molar-refractivity contribution in [2.75, 3.05) is 19.9 Å². The summed E-state index contributed by atoms with van der Waals surface area (Å²) in [5, 5.41) is 3.39. The van der Waals surface area contributed by atoms with Gasteiger partial charge < -0.3 is 14.8 Å². The molecule has 0 spiro atoms. The monoisotopic (exact) mass is 282 g/mol. The summed E-state index contributed by atoms with van der Waals surface area (Å²) in [5.74, 6) is 2.23. The van der Waals surface area contributed by atoms with Crippen LogP contribution >= 0.6 is 0 Å². The zero-order chi connectivity index (χ0) is 14.1. The smallest absolute Gasteiger partial charge is 0.231 e. The summed E-state index contributed by atoms with van der Waals surface area (Å²) in [4.78, 5) is 4.67. The Hall–Kier alpha value is -2.07. The molecule has 1 N–H and O–H groups in total. The number of piperidine rings is 1. The molecule has 108 valence electrons. The average Bonchev–Trinajstić information content (AvgIpc) is 3.03. The van der Waals surface area contributed by atoms with Crippen molar-refractivity contribution in [3.05, 3.63) is 42.2 Å². The van der Waals surface area contributed by atoms with Gasteiger partial charge in [-0.2, -0.15) is 0 Å². The summed E-state index contributed by atoms with van der Waals surface area (Å²) in [6.07, 6.45) is 4.32. The van der Waals surface area contributed by atoms with Crippen LogP contribution in [0.5, 0.6) is 11.5 Å². The molecule has 0 bridgehead atoms. The van der Waals surface area contributed by atoms with Crippen LogP contribution < -0.4 is 14.8 Å². The molecule has 0 radical (unpaired) electrons.